The molecule has 0 saturated heterocycles. The quantitative estimate of drug-likeness (QED) is 0.398. The van der Waals surface area contributed by atoms with Crippen LogP contribution >= 0.6 is 9.12 Å². The molecule has 0 heterocycles. The summed E-state index contributed by atoms with van der Waals surface area (Å²) in [4.78, 5) is 25.3. The Kier molecular flexibility index (Phi) is 9.81. The minimum atomic E-state index is -0.733. The molecule has 0 aliphatic carbocycles. The van der Waals surface area contributed by atoms with Gasteiger partial charge in [-0.2, -0.15) is 0 Å². The Labute approximate surface area is 154 Å². The topological polar surface area (TPSA) is 60.4 Å². The van der Waals surface area contributed by atoms with Gasteiger partial charge in [-0.15, -0.1) is 0 Å². The SMILES string of the molecule is Cc1cc(C)c(C(=O)C(OC(=O)C(C)C(C)C)C(C)C)c(C)c1.O=P. The minimum Gasteiger partial charge on any atom is -0.453 e. The molecule has 4 nitrogen and oxygen atoms in total. The van der Waals surface area contributed by atoms with E-state index in [1.807, 2.05) is 67.5 Å². The molecule has 0 aliphatic rings. The molecular formula is C20H31O4P. The monoisotopic (exact) mass is 366 g/mol. The van der Waals surface area contributed by atoms with Crippen molar-refractivity contribution in [2.24, 2.45) is 17.8 Å². The summed E-state index contributed by atoms with van der Waals surface area (Å²) in [6, 6.07) is 3.99. The maximum Gasteiger partial charge on any atom is 0.309 e. The van der Waals surface area contributed by atoms with Gasteiger partial charge in [0.05, 0.1) is 5.92 Å². The first-order valence-corrected chi connectivity index (χ1v) is 9.00. The highest BCUT2D eigenvalue weighted by atomic mass is 31.0. The van der Waals surface area contributed by atoms with E-state index in [2.05, 4.69) is 0 Å². The molecule has 0 fully saturated rings. The van der Waals surface area contributed by atoms with E-state index in [1.54, 1.807) is 9.12 Å². The number of Topliss-reactive ketones (excluding diaryl/α,β-unsaturated/α-hetero) is 1. The van der Waals surface area contributed by atoms with Crippen LogP contribution in [0.2, 0.25) is 0 Å². The molecule has 140 valence electrons. The molecule has 2 unspecified atom stereocenters. The fraction of sp³-hybridized carbons (Fsp3) is 0.600. The van der Waals surface area contributed by atoms with Gasteiger partial charge < -0.3 is 4.74 Å². The molecule has 0 spiro atoms. The van der Waals surface area contributed by atoms with E-state index in [4.69, 9.17) is 9.30 Å². The van der Waals surface area contributed by atoms with Crippen LogP contribution in [0.5, 0.6) is 0 Å². The third kappa shape index (κ3) is 6.36. The summed E-state index contributed by atoms with van der Waals surface area (Å²) in [5.41, 5.74) is 3.68. The molecule has 0 radical (unpaired) electrons. The standard InChI is InChI=1S/C20H30O3.HOP/c1-11(2)16(8)20(22)23-19(12(3)4)18(21)17-14(6)9-13(5)10-15(17)7;1-2/h9-12,16,19H,1-8H3;2H. The summed E-state index contributed by atoms with van der Waals surface area (Å²) in [7, 11) is 1.72. The second-order valence-corrected chi connectivity index (χ2v) is 7.27. The highest BCUT2D eigenvalue weighted by Gasteiger charge is 2.31. The van der Waals surface area contributed by atoms with Gasteiger partial charge in [0.25, 0.3) is 0 Å². The molecule has 0 amide bonds. The van der Waals surface area contributed by atoms with E-state index in [9.17, 15) is 9.59 Å². The van der Waals surface area contributed by atoms with Crippen molar-refractivity contribution in [3.05, 3.63) is 34.4 Å². The second kappa shape index (κ2) is 10.5. The van der Waals surface area contributed by atoms with Crippen molar-refractivity contribution in [3.8, 4) is 0 Å². The summed E-state index contributed by atoms with van der Waals surface area (Å²) in [6.45, 7) is 15.5. The summed E-state index contributed by atoms with van der Waals surface area (Å²) in [5.74, 6) is -0.489. The third-order valence-electron chi connectivity index (χ3n) is 4.40. The number of hydrogen-bond donors (Lipinski definition) is 0. The molecule has 0 aliphatic heterocycles. The molecule has 5 heteroatoms. The van der Waals surface area contributed by atoms with Crippen molar-refractivity contribution in [2.45, 2.75) is 61.5 Å². The minimum absolute atomic E-state index is 0.0640. The van der Waals surface area contributed by atoms with E-state index >= 15 is 0 Å². The van der Waals surface area contributed by atoms with Crippen LogP contribution in [0.1, 0.15) is 61.7 Å². The first-order chi connectivity index (χ1) is 11.6. The van der Waals surface area contributed by atoms with Crippen molar-refractivity contribution < 1.29 is 18.9 Å². The molecular weight excluding hydrogens is 335 g/mol. The fourth-order valence-electron chi connectivity index (χ4n) is 2.71. The van der Waals surface area contributed by atoms with Gasteiger partial charge in [-0.25, -0.2) is 0 Å². The van der Waals surface area contributed by atoms with E-state index in [0.29, 0.717) is 5.56 Å². The zero-order valence-corrected chi connectivity index (χ0v) is 17.6. The van der Waals surface area contributed by atoms with Gasteiger partial charge in [-0.05, 0) is 43.7 Å². The highest BCUT2D eigenvalue weighted by molar-refractivity contribution is 7.00. The second-order valence-electron chi connectivity index (χ2n) is 7.27. The van der Waals surface area contributed by atoms with Crippen molar-refractivity contribution in [3.63, 3.8) is 0 Å². The maximum absolute atomic E-state index is 13.0. The molecule has 1 aromatic carbocycles. The smallest absolute Gasteiger partial charge is 0.309 e. The first-order valence-electron chi connectivity index (χ1n) is 8.59. The van der Waals surface area contributed by atoms with Gasteiger partial charge in [-0.1, -0.05) is 52.3 Å². The van der Waals surface area contributed by atoms with Crippen LogP contribution in [0, 0.1) is 38.5 Å². The Morgan fingerprint density at radius 3 is 1.68 bits per heavy atom. The van der Waals surface area contributed by atoms with Gasteiger partial charge >= 0.3 is 5.97 Å². The number of carbonyl (C=O) groups excluding carboxylic acids is 2. The summed E-state index contributed by atoms with van der Waals surface area (Å²) < 4.78 is 13.7. The van der Waals surface area contributed by atoms with Crippen LogP contribution < -0.4 is 0 Å². The summed E-state index contributed by atoms with van der Waals surface area (Å²) >= 11 is 0. The zero-order valence-electron chi connectivity index (χ0n) is 16.6. The number of hydrogen-bond acceptors (Lipinski definition) is 4. The lowest BCUT2D eigenvalue weighted by atomic mass is 9.90. The lowest BCUT2D eigenvalue weighted by Gasteiger charge is -2.24. The van der Waals surface area contributed by atoms with Crippen LogP contribution in [0.15, 0.2) is 12.1 Å². The maximum atomic E-state index is 13.0. The van der Waals surface area contributed by atoms with Gasteiger partial charge in [-0.3, -0.25) is 14.2 Å². The molecule has 2 atom stereocenters. The summed E-state index contributed by atoms with van der Waals surface area (Å²) in [6.07, 6.45) is -0.733. The number of carbonyl (C=O) groups is 2. The predicted molar refractivity (Wildman–Crippen MR) is 103 cm³/mol. The zero-order chi connectivity index (χ0) is 19.9. The van der Waals surface area contributed by atoms with E-state index in [0.717, 1.165) is 16.7 Å². The molecule has 25 heavy (non-hydrogen) atoms. The van der Waals surface area contributed by atoms with Crippen LogP contribution in [-0.2, 0) is 14.1 Å². The number of rotatable bonds is 6. The van der Waals surface area contributed by atoms with Gasteiger partial charge in [0.1, 0.15) is 9.12 Å². The Bertz CT molecular complexity index is 585. The van der Waals surface area contributed by atoms with Crippen LogP contribution in [0.25, 0.3) is 0 Å². The number of ketones is 1. The van der Waals surface area contributed by atoms with Gasteiger partial charge in [0, 0.05) is 5.56 Å². The van der Waals surface area contributed by atoms with Crippen molar-refractivity contribution in [2.75, 3.05) is 0 Å². The predicted octanol–water partition coefficient (Wildman–Crippen LogP) is 5.13. The number of esters is 1. The Morgan fingerprint density at radius 2 is 1.32 bits per heavy atom. The van der Waals surface area contributed by atoms with Crippen LogP contribution in [-0.4, -0.2) is 17.9 Å². The van der Waals surface area contributed by atoms with Crippen LogP contribution in [0.4, 0.5) is 0 Å². The normalized spacial score (nSPS) is 13.0. The van der Waals surface area contributed by atoms with Crippen molar-refractivity contribution >= 4 is 20.9 Å². The Morgan fingerprint density at radius 1 is 0.880 bits per heavy atom. The largest absolute Gasteiger partial charge is 0.453 e. The highest BCUT2D eigenvalue weighted by Crippen LogP contribution is 2.23. The number of ether oxygens (including phenoxy) is 1. The van der Waals surface area contributed by atoms with Crippen LogP contribution in [0.3, 0.4) is 0 Å². The lowest BCUT2D eigenvalue weighted by molar-refractivity contribution is -0.154. The molecule has 1 rings (SSSR count). The third-order valence-corrected chi connectivity index (χ3v) is 4.40. The van der Waals surface area contributed by atoms with Gasteiger partial charge in [0.2, 0.25) is 5.78 Å². The Hall–Kier alpha value is -1.54. The first kappa shape index (κ1) is 23.5. The molecule has 0 N–H and O–H groups in total. The van der Waals surface area contributed by atoms with Crippen molar-refractivity contribution in [1.82, 2.24) is 0 Å². The number of benzene rings is 1. The molecule has 1 aromatic rings. The van der Waals surface area contributed by atoms with E-state index in [-0.39, 0.29) is 29.5 Å². The Balaban J connectivity index is 0.00000277. The summed E-state index contributed by atoms with van der Waals surface area (Å²) in [5, 5.41) is 0. The average Bonchev–Trinajstić information content (AvgIpc) is 2.51. The van der Waals surface area contributed by atoms with Crippen molar-refractivity contribution in [1.29, 1.82) is 0 Å². The fourth-order valence-corrected chi connectivity index (χ4v) is 2.71. The molecule has 0 bridgehead atoms. The van der Waals surface area contributed by atoms with E-state index in [1.165, 1.54) is 0 Å². The number of aryl methyl sites for hydroxylation is 3. The van der Waals surface area contributed by atoms with Gasteiger partial charge in [0.15, 0.2) is 6.10 Å². The average molecular weight is 366 g/mol. The lowest BCUT2D eigenvalue weighted by Crippen LogP contribution is -2.35. The molecule has 0 saturated carbocycles. The van der Waals surface area contributed by atoms with E-state index < -0.39 is 6.10 Å². The molecule has 0 aromatic heterocycles.